The van der Waals surface area contributed by atoms with E-state index in [0.717, 1.165) is 45.7 Å². The Morgan fingerprint density at radius 2 is 1.91 bits per heavy atom. The van der Waals surface area contributed by atoms with Crippen molar-refractivity contribution in [3.63, 3.8) is 0 Å². The number of anilines is 1. The van der Waals surface area contributed by atoms with E-state index in [1.165, 1.54) is 11.5 Å². The summed E-state index contributed by atoms with van der Waals surface area (Å²) in [6.45, 7) is 8.51. The van der Waals surface area contributed by atoms with Crippen molar-refractivity contribution in [1.29, 1.82) is 0 Å². The molecule has 1 fully saturated rings. The number of imidazole rings is 1. The number of ether oxygens (including phenoxy) is 1. The minimum Gasteiger partial charge on any atom is -0.481 e. The molecule has 2 aromatic rings. The zero-order valence-corrected chi connectivity index (χ0v) is 14.0. The number of aryl methyl sites for hydroxylation is 1. The third-order valence-electron chi connectivity index (χ3n) is 4.44. The molecule has 0 atom stereocenters. The number of hydrogen-bond donors (Lipinski definition) is 0. The van der Waals surface area contributed by atoms with Crippen LogP contribution in [-0.2, 0) is 13.0 Å². The van der Waals surface area contributed by atoms with Gasteiger partial charge in [0, 0.05) is 64.1 Å². The van der Waals surface area contributed by atoms with Crippen LogP contribution in [0.5, 0.6) is 5.88 Å². The zero-order valence-electron chi connectivity index (χ0n) is 14.0. The molecule has 3 heterocycles. The molecule has 0 amide bonds. The highest BCUT2D eigenvalue weighted by atomic mass is 16.5. The van der Waals surface area contributed by atoms with Crippen molar-refractivity contribution in [1.82, 2.24) is 19.4 Å². The molecule has 0 aromatic carbocycles. The molecule has 124 valence electrons. The Hall–Kier alpha value is -2.08. The molecule has 0 unspecified atom stereocenters. The lowest BCUT2D eigenvalue weighted by atomic mass is 10.2. The Balaban J connectivity index is 1.48. The van der Waals surface area contributed by atoms with Gasteiger partial charge in [-0.1, -0.05) is 6.92 Å². The van der Waals surface area contributed by atoms with Crippen LogP contribution in [0.4, 0.5) is 5.69 Å². The normalized spacial score (nSPS) is 15.8. The summed E-state index contributed by atoms with van der Waals surface area (Å²) < 4.78 is 7.38. The Bertz CT molecular complexity index is 602. The van der Waals surface area contributed by atoms with Gasteiger partial charge in [-0.25, -0.2) is 9.97 Å². The number of pyridine rings is 1. The molecule has 1 aliphatic heterocycles. The summed E-state index contributed by atoms with van der Waals surface area (Å²) in [5.41, 5.74) is 1.17. The van der Waals surface area contributed by atoms with Gasteiger partial charge in [-0.2, -0.15) is 0 Å². The largest absolute Gasteiger partial charge is 0.481 e. The molecular formula is C17H25N5O. The number of methoxy groups -OCH3 is 1. The van der Waals surface area contributed by atoms with Crippen LogP contribution in [0.15, 0.2) is 30.7 Å². The van der Waals surface area contributed by atoms with Gasteiger partial charge in [0.2, 0.25) is 5.88 Å². The van der Waals surface area contributed by atoms with E-state index in [2.05, 4.69) is 43.5 Å². The molecule has 1 aliphatic rings. The summed E-state index contributed by atoms with van der Waals surface area (Å²) in [5, 5.41) is 0. The predicted octanol–water partition coefficient (Wildman–Crippen LogP) is 1.67. The Morgan fingerprint density at radius 1 is 1.09 bits per heavy atom. The van der Waals surface area contributed by atoms with E-state index in [9.17, 15) is 0 Å². The van der Waals surface area contributed by atoms with Gasteiger partial charge < -0.3 is 14.2 Å². The minimum absolute atomic E-state index is 0.666. The van der Waals surface area contributed by atoms with Gasteiger partial charge in [-0.3, -0.25) is 4.90 Å². The van der Waals surface area contributed by atoms with E-state index in [0.29, 0.717) is 5.88 Å². The van der Waals surface area contributed by atoms with Gasteiger partial charge in [-0.05, 0) is 6.07 Å². The maximum atomic E-state index is 5.11. The molecule has 3 rings (SSSR count). The third kappa shape index (κ3) is 3.82. The number of piperazine rings is 1. The monoisotopic (exact) mass is 315 g/mol. The van der Waals surface area contributed by atoms with E-state index >= 15 is 0 Å². The Labute approximate surface area is 137 Å². The molecule has 0 N–H and O–H groups in total. The SMILES string of the molecule is CCc1nccn1CCN1CCN(c2ccc(OC)nc2)CC1. The van der Waals surface area contributed by atoms with Gasteiger partial charge in [0.1, 0.15) is 5.82 Å². The van der Waals surface area contributed by atoms with Crippen molar-refractivity contribution in [3.8, 4) is 5.88 Å². The molecule has 2 aromatic heterocycles. The number of nitrogens with zero attached hydrogens (tertiary/aromatic N) is 5. The Morgan fingerprint density at radius 3 is 2.57 bits per heavy atom. The van der Waals surface area contributed by atoms with E-state index in [1.54, 1.807) is 7.11 Å². The fraction of sp³-hybridized carbons (Fsp3) is 0.529. The van der Waals surface area contributed by atoms with Crippen molar-refractivity contribution in [2.75, 3.05) is 44.7 Å². The maximum Gasteiger partial charge on any atom is 0.213 e. The third-order valence-corrected chi connectivity index (χ3v) is 4.44. The summed E-state index contributed by atoms with van der Waals surface area (Å²) in [4.78, 5) is 13.6. The summed E-state index contributed by atoms with van der Waals surface area (Å²) in [5.74, 6) is 1.84. The van der Waals surface area contributed by atoms with Crippen molar-refractivity contribution >= 4 is 5.69 Å². The highest BCUT2D eigenvalue weighted by molar-refractivity contribution is 5.45. The maximum absolute atomic E-state index is 5.11. The summed E-state index contributed by atoms with van der Waals surface area (Å²) >= 11 is 0. The highest BCUT2D eigenvalue weighted by Crippen LogP contribution is 2.17. The van der Waals surface area contributed by atoms with Crippen molar-refractivity contribution in [3.05, 3.63) is 36.5 Å². The van der Waals surface area contributed by atoms with E-state index in [4.69, 9.17) is 4.74 Å². The summed E-state index contributed by atoms with van der Waals surface area (Å²) in [6.07, 6.45) is 6.87. The summed E-state index contributed by atoms with van der Waals surface area (Å²) in [7, 11) is 1.64. The first kappa shape index (κ1) is 15.8. The van der Waals surface area contributed by atoms with E-state index < -0.39 is 0 Å². The predicted molar refractivity (Wildman–Crippen MR) is 91.0 cm³/mol. The lowest BCUT2D eigenvalue weighted by Crippen LogP contribution is -2.47. The second-order valence-corrected chi connectivity index (χ2v) is 5.78. The molecule has 6 nitrogen and oxygen atoms in total. The highest BCUT2D eigenvalue weighted by Gasteiger charge is 2.17. The van der Waals surface area contributed by atoms with Crippen molar-refractivity contribution in [2.45, 2.75) is 19.9 Å². The molecule has 23 heavy (non-hydrogen) atoms. The molecule has 0 bridgehead atoms. The average Bonchev–Trinajstić information content (AvgIpc) is 3.08. The van der Waals surface area contributed by atoms with E-state index in [1.807, 2.05) is 18.5 Å². The van der Waals surface area contributed by atoms with Crippen LogP contribution in [0, 0.1) is 0 Å². The fourth-order valence-electron chi connectivity index (χ4n) is 3.02. The number of rotatable bonds is 6. The fourth-order valence-corrected chi connectivity index (χ4v) is 3.02. The van der Waals surface area contributed by atoms with Gasteiger partial charge in [0.25, 0.3) is 0 Å². The molecule has 0 aliphatic carbocycles. The zero-order chi connectivity index (χ0) is 16.1. The molecule has 6 heteroatoms. The van der Waals surface area contributed by atoms with Gasteiger partial charge in [0.15, 0.2) is 0 Å². The minimum atomic E-state index is 0.666. The molecule has 0 spiro atoms. The molecule has 0 radical (unpaired) electrons. The lowest BCUT2D eigenvalue weighted by Gasteiger charge is -2.36. The van der Waals surface area contributed by atoms with Crippen LogP contribution in [0.2, 0.25) is 0 Å². The van der Waals surface area contributed by atoms with Crippen LogP contribution < -0.4 is 9.64 Å². The van der Waals surface area contributed by atoms with Crippen LogP contribution in [0.25, 0.3) is 0 Å². The first-order valence-corrected chi connectivity index (χ1v) is 8.27. The van der Waals surface area contributed by atoms with Crippen LogP contribution in [0.1, 0.15) is 12.7 Å². The number of hydrogen-bond acceptors (Lipinski definition) is 5. The van der Waals surface area contributed by atoms with Crippen LogP contribution in [0.3, 0.4) is 0 Å². The van der Waals surface area contributed by atoms with E-state index in [-0.39, 0.29) is 0 Å². The molecule has 1 saturated heterocycles. The Kier molecular flexibility index (Phi) is 5.12. The van der Waals surface area contributed by atoms with Gasteiger partial charge >= 0.3 is 0 Å². The topological polar surface area (TPSA) is 46.4 Å². The average molecular weight is 315 g/mol. The van der Waals surface area contributed by atoms with Crippen molar-refractivity contribution < 1.29 is 4.74 Å². The standard InChI is InChI=1S/C17H25N5O/c1-3-16-18-6-7-22(16)13-10-20-8-11-21(12-9-20)15-4-5-17(23-2)19-14-15/h4-7,14H,3,8-13H2,1-2H3. The number of aromatic nitrogens is 3. The van der Waals surface area contributed by atoms with Crippen LogP contribution in [-0.4, -0.2) is 59.3 Å². The quantitative estimate of drug-likeness (QED) is 0.811. The second-order valence-electron chi connectivity index (χ2n) is 5.78. The van der Waals surface area contributed by atoms with Crippen molar-refractivity contribution in [2.24, 2.45) is 0 Å². The van der Waals surface area contributed by atoms with Gasteiger partial charge in [-0.15, -0.1) is 0 Å². The smallest absolute Gasteiger partial charge is 0.213 e. The van der Waals surface area contributed by atoms with Crippen LogP contribution >= 0.6 is 0 Å². The lowest BCUT2D eigenvalue weighted by molar-refractivity contribution is 0.247. The summed E-state index contributed by atoms with van der Waals surface area (Å²) in [6, 6.07) is 4.01. The molecule has 0 saturated carbocycles. The first-order chi connectivity index (χ1) is 11.3. The molecular weight excluding hydrogens is 290 g/mol. The second kappa shape index (κ2) is 7.46. The van der Waals surface area contributed by atoms with Gasteiger partial charge in [0.05, 0.1) is 19.0 Å². The first-order valence-electron chi connectivity index (χ1n) is 8.27.